The standard InChI is InChI=1S/C23H17N5O6/c29-22(18-4-2-1-3-5-18)25-21(14-16-6-10-19(11-7-16)27(31)32)23(30)26-24-15-17-8-12-20(13-9-17)28(33)34/h1-15H,(H,25,29)(H,26,30)/b21-14-,24-15+. The van der Waals surface area contributed by atoms with Crippen LogP contribution in [0.2, 0.25) is 0 Å². The fourth-order valence-corrected chi connectivity index (χ4v) is 2.71. The Bertz CT molecular complexity index is 1270. The normalized spacial score (nSPS) is 11.1. The molecule has 0 spiro atoms. The molecule has 0 aliphatic heterocycles. The molecule has 0 atom stereocenters. The van der Waals surface area contributed by atoms with Crippen LogP contribution < -0.4 is 10.7 Å². The van der Waals surface area contributed by atoms with Crippen molar-refractivity contribution in [3.05, 3.63) is 121 Å². The van der Waals surface area contributed by atoms with E-state index in [0.29, 0.717) is 16.7 Å². The van der Waals surface area contributed by atoms with E-state index in [9.17, 15) is 29.8 Å². The van der Waals surface area contributed by atoms with Gasteiger partial charge >= 0.3 is 0 Å². The fourth-order valence-electron chi connectivity index (χ4n) is 2.71. The van der Waals surface area contributed by atoms with E-state index in [4.69, 9.17) is 0 Å². The second-order valence-corrected chi connectivity index (χ2v) is 6.77. The number of hydrazone groups is 1. The highest BCUT2D eigenvalue weighted by molar-refractivity contribution is 6.05. The van der Waals surface area contributed by atoms with Gasteiger partial charge in [0.05, 0.1) is 16.1 Å². The van der Waals surface area contributed by atoms with E-state index in [1.807, 2.05) is 0 Å². The SMILES string of the molecule is O=C(N/N=C/c1ccc([N+](=O)[O-])cc1)/C(=C/c1ccc([N+](=O)[O-])cc1)NC(=O)c1ccccc1. The summed E-state index contributed by atoms with van der Waals surface area (Å²) < 4.78 is 0. The number of non-ortho nitro benzene ring substituents is 2. The van der Waals surface area contributed by atoms with Crippen LogP contribution in [-0.4, -0.2) is 27.9 Å². The number of nitro benzene ring substituents is 2. The van der Waals surface area contributed by atoms with E-state index in [0.717, 1.165) is 0 Å². The van der Waals surface area contributed by atoms with Crippen molar-refractivity contribution in [3.63, 3.8) is 0 Å². The van der Waals surface area contributed by atoms with Crippen LogP contribution in [0, 0.1) is 20.2 Å². The minimum Gasteiger partial charge on any atom is -0.317 e. The second-order valence-electron chi connectivity index (χ2n) is 6.77. The summed E-state index contributed by atoms with van der Waals surface area (Å²) in [4.78, 5) is 45.8. The second kappa shape index (κ2) is 10.9. The molecule has 0 radical (unpaired) electrons. The topological polar surface area (TPSA) is 157 Å². The molecule has 0 aromatic heterocycles. The third kappa shape index (κ3) is 6.40. The van der Waals surface area contributed by atoms with Crippen LogP contribution in [0.5, 0.6) is 0 Å². The van der Waals surface area contributed by atoms with Crippen molar-refractivity contribution >= 4 is 35.5 Å². The van der Waals surface area contributed by atoms with Crippen molar-refractivity contribution in [1.82, 2.24) is 10.7 Å². The average molecular weight is 459 g/mol. The lowest BCUT2D eigenvalue weighted by atomic mass is 10.1. The maximum atomic E-state index is 12.7. The monoisotopic (exact) mass is 459 g/mol. The molecular weight excluding hydrogens is 442 g/mol. The minimum atomic E-state index is -0.749. The Morgan fingerprint density at radius 2 is 1.29 bits per heavy atom. The molecule has 11 nitrogen and oxygen atoms in total. The molecule has 34 heavy (non-hydrogen) atoms. The van der Waals surface area contributed by atoms with E-state index >= 15 is 0 Å². The summed E-state index contributed by atoms with van der Waals surface area (Å²) in [5, 5.41) is 27.9. The maximum absolute atomic E-state index is 12.7. The summed E-state index contributed by atoms with van der Waals surface area (Å²) in [7, 11) is 0. The third-order valence-electron chi connectivity index (χ3n) is 4.43. The van der Waals surface area contributed by atoms with Gasteiger partial charge < -0.3 is 5.32 Å². The van der Waals surface area contributed by atoms with E-state index in [1.54, 1.807) is 30.3 Å². The van der Waals surface area contributed by atoms with Crippen LogP contribution in [0.4, 0.5) is 11.4 Å². The molecule has 0 saturated heterocycles. The van der Waals surface area contributed by atoms with Gasteiger partial charge in [0, 0.05) is 29.8 Å². The van der Waals surface area contributed by atoms with Gasteiger partial charge in [0.1, 0.15) is 5.70 Å². The first kappa shape index (κ1) is 23.5. The summed E-state index contributed by atoms with van der Waals surface area (Å²) in [5.41, 5.74) is 3.18. The van der Waals surface area contributed by atoms with E-state index < -0.39 is 21.7 Å². The molecule has 170 valence electrons. The summed E-state index contributed by atoms with van der Waals surface area (Å²) in [5.74, 6) is -1.29. The van der Waals surface area contributed by atoms with Crippen LogP contribution in [0.1, 0.15) is 21.5 Å². The molecule has 2 amide bonds. The van der Waals surface area contributed by atoms with Gasteiger partial charge in [-0.2, -0.15) is 5.10 Å². The number of amides is 2. The number of hydrogen-bond donors (Lipinski definition) is 2. The zero-order valence-corrected chi connectivity index (χ0v) is 17.5. The molecule has 0 aliphatic rings. The molecule has 0 aliphatic carbocycles. The molecule has 0 unspecified atom stereocenters. The Hall–Kier alpha value is -5.19. The number of carbonyl (C=O) groups excluding carboxylic acids is 2. The summed E-state index contributed by atoms with van der Waals surface area (Å²) in [6.07, 6.45) is 2.63. The first-order chi connectivity index (χ1) is 16.3. The third-order valence-corrected chi connectivity index (χ3v) is 4.43. The fraction of sp³-hybridized carbons (Fsp3) is 0. The van der Waals surface area contributed by atoms with E-state index in [1.165, 1.54) is 60.8 Å². The first-order valence-electron chi connectivity index (χ1n) is 9.74. The maximum Gasteiger partial charge on any atom is 0.287 e. The number of nitro groups is 2. The number of benzene rings is 3. The lowest BCUT2D eigenvalue weighted by Crippen LogP contribution is -2.32. The van der Waals surface area contributed by atoms with Gasteiger partial charge in [-0.3, -0.25) is 29.8 Å². The lowest BCUT2D eigenvalue weighted by Gasteiger charge is -2.09. The molecule has 0 fully saturated rings. The van der Waals surface area contributed by atoms with Gasteiger partial charge in [-0.15, -0.1) is 0 Å². The Morgan fingerprint density at radius 1 is 0.765 bits per heavy atom. The zero-order valence-electron chi connectivity index (χ0n) is 17.5. The Morgan fingerprint density at radius 3 is 1.82 bits per heavy atom. The first-order valence-corrected chi connectivity index (χ1v) is 9.74. The van der Waals surface area contributed by atoms with Crippen molar-refractivity contribution in [2.45, 2.75) is 0 Å². The Kier molecular flexibility index (Phi) is 7.53. The smallest absolute Gasteiger partial charge is 0.287 e. The van der Waals surface area contributed by atoms with Gasteiger partial charge in [-0.1, -0.05) is 18.2 Å². The minimum absolute atomic E-state index is 0.0851. The highest BCUT2D eigenvalue weighted by Gasteiger charge is 2.15. The number of rotatable bonds is 8. The molecule has 0 bridgehead atoms. The van der Waals surface area contributed by atoms with E-state index in [-0.39, 0.29) is 17.1 Å². The van der Waals surface area contributed by atoms with Crippen LogP contribution in [0.15, 0.2) is 89.7 Å². The van der Waals surface area contributed by atoms with E-state index in [2.05, 4.69) is 15.8 Å². The number of hydrogen-bond acceptors (Lipinski definition) is 7. The molecular formula is C23H17N5O6. The van der Waals surface area contributed by atoms with Crippen LogP contribution >= 0.6 is 0 Å². The number of carbonyl (C=O) groups is 2. The molecule has 3 aromatic rings. The highest BCUT2D eigenvalue weighted by Crippen LogP contribution is 2.14. The largest absolute Gasteiger partial charge is 0.317 e. The summed E-state index contributed by atoms with van der Waals surface area (Å²) in [6, 6.07) is 19.1. The van der Waals surface area contributed by atoms with Crippen molar-refractivity contribution in [2.75, 3.05) is 0 Å². The molecule has 2 N–H and O–H groups in total. The predicted molar refractivity (Wildman–Crippen MR) is 124 cm³/mol. The molecule has 11 heteroatoms. The lowest BCUT2D eigenvalue weighted by molar-refractivity contribution is -0.385. The van der Waals surface area contributed by atoms with Gasteiger partial charge in [-0.25, -0.2) is 5.43 Å². The molecule has 0 saturated carbocycles. The summed E-state index contributed by atoms with van der Waals surface area (Å²) in [6.45, 7) is 0. The van der Waals surface area contributed by atoms with Gasteiger partial charge in [0.2, 0.25) is 0 Å². The Balaban J connectivity index is 1.79. The predicted octanol–water partition coefficient (Wildman–Crippen LogP) is 3.42. The number of nitrogens with zero attached hydrogens (tertiary/aromatic N) is 3. The van der Waals surface area contributed by atoms with Crippen molar-refractivity contribution in [2.24, 2.45) is 5.10 Å². The quantitative estimate of drug-likeness (QED) is 0.227. The highest BCUT2D eigenvalue weighted by atomic mass is 16.6. The molecule has 0 heterocycles. The van der Waals surface area contributed by atoms with Crippen LogP contribution in [0.3, 0.4) is 0 Å². The van der Waals surface area contributed by atoms with Crippen molar-refractivity contribution in [1.29, 1.82) is 0 Å². The van der Waals surface area contributed by atoms with Gasteiger partial charge in [0.25, 0.3) is 23.2 Å². The average Bonchev–Trinajstić information content (AvgIpc) is 2.84. The number of nitrogens with one attached hydrogen (secondary N) is 2. The molecule has 3 rings (SSSR count). The van der Waals surface area contributed by atoms with Crippen molar-refractivity contribution in [3.8, 4) is 0 Å². The Labute approximate surface area is 192 Å². The zero-order chi connectivity index (χ0) is 24.5. The van der Waals surface area contributed by atoms with Crippen molar-refractivity contribution < 1.29 is 19.4 Å². The molecule has 3 aromatic carbocycles. The van der Waals surface area contributed by atoms with Crippen LogP contribution in [0.25, 0.3) is 6.08 Å². The van der Waals surface area contributed by atoms with Gasteiger partial charge in [0.15, 0.2) is 0 Å². The summed E-state index contributed by atoms with van der Waals surface area (Å²) >= 11 is 0. The van der Waals surface area contributed by atoms with Gasteiger partial charge in [-0.05, 0) is 53.6 Å². The van der Waals surface area contributed by atoms with Crippen LogP contribution in [-0.2, 0) is 4.79 Å².